The number of rotatable bonds is 1. The van der Waals surface area contributed by atoms with Crippen molar-refractivity contribution in [2.45, 2.75) is 64.4 Å². The van der Waals surface area contributed by atoms with Gasteiger partial charge in [-0.15, -0.1) is 0 Å². The predicted molar refractivity (Wildman–Crippen MR) is 88.5 cm³/mol. The first-order valence-electron chi connectivity index (χ1n) is 9.15. The van der Waals surface area contributed by atoms with Crippen LogP contribution in [0.25, 0.3) is 0 Å². The van der Waals surface area contributed by atoms with Crippen molar-refractivity contribution in [2.24, 2.45) is 17.3 Å². The van der Waals surface area contributed by atoms with Gasteiger partial charge in [-0.1, -0.05) is 6.92 Å². The molecule has 0 bridgehead atoms. The zero-order chi connectivity index (χ0) is 18.6. The molecule has 3 fully saturated rings. The largest absolute Gasteiger partial charge is 0.465 e. The third-order valence-corrected chi connectivity index (χ3v) is 7.01. The Morgan fingerprint density at radius 2 is 2.00 bits per heavy atom. The maximum absolute atomic E-state index is 13.0. The minimum atomic E-state index is -1.60. The molecule has 0 aromatic rings. The molecule has 0 aliphatic carbocycles. The van der Waals surface area contributed by atoms with Crippen LogP contribution >= 0.6 is 0 Å². The van der Waals surface area contributed by atoms with Crippen LogP contribution in [0.1, 0.15) is 40.5 Å². The monoisotopic (exact) mass is 355 g/mol. The van der Waals surface area contributed by atoms with Crippen molar-refractivity contribution >= 4 is 11.9 Å². The summed E-state index contributed by atoms with van der Waals surface area (Å²) in [6.45, 7) is 7.82. The first-order chi connectivity index (χ1) is 11.6. The number of ether oxygens (including phenoxy) is 2. The second-order valence-corrected chi connectivity index (χ2v) is 8.13. The smallest absolute Gasteiger partial charge is 0.315 e. The number of aliphatic hydroxyl groups excluding tert-OH is 1. The first-order valence-corrected chi connectivity index (χ1v) is 9.15. The molecule has 2 N–H and O–H groups in total. The van der Waals surface area contributed by atoms with E-state index in [0.29, 0.717) is 19.4 Å². The van der Waals surface area contributed by atoms with Gasteiger partial charge in [-0.25, -0.2) is 0 Å². The van der Waals surface area contributed by atoms with Crippen molar-refractivity contribution in [3.8, 4) is 0 Å². The lowest BCUT2D eigenvalue weighted by Crippen LogP contribution is -2.56. The van der Waals surface area contributed by atoms with E-state index in [1.165, 1.54) is 6.92 Å². The number of carbonyl (C=O) groups excluding carboxylic acids is 2. The van der Waals surface area contributed by atoms with Crippen LogP contribution in [0.15, 0.2) is 0 Å². The van der Waals surface area contributed by atoms with Gasteiger partial charge in [0.25, 0.3) is 0 Å². The lowest BCUT2D eigenvalue weighted by molar-refractivity contribution is -0.189. The molecule has 7 heteroatoms. The Labute approximate surface area is 148 Å². The van der Waals surface area contributed by atoms with Crippen molar-refractivity contribution in [1.82, 2.24) is 4.90 Å². The molecule has 0 aromatic carbocycles. The summed E-state index contributed by atoms with van der Waals surface area (Å²) in [5.74, 6) is -2.22. The number of carbonyl (C=O) groups is 2. The molecule has 0 aromatic heterocycles. The Morgan fingerprint density at radius 3 is 2.64 bits per heavy atom. The molecule has 0 saturated carbocycles. The fourth-order valence-electron chi connectivity index (χ4n) is 4.54. The molecular weight excluding hydrogens is 326 g/mol. The van der Waals surface area contributed by atoms with Crippen molar-refractivity contribution in [2.75, 3.05) is 19.7 Å². The highest BCUT2D eigenvalue weighted by atomic mass is 16.6. The topological polar surface area (TPSA) is 96.3 Å². The highest BCUT2D eigenvalue weighted by molar-refractivity contribution is 5.81. The molecule has 3 saturated heterocycles. The number of hydrogen-bond donors (Lipinski definition) is 2. The highest BCUT2D eigenvalue weighted by Crippen LogP contribution is 2.44. The minimum absolute atomic E-state index is 0.0679. The van der Waals surface area contributed by atoms with Gasteiger partial charge in [-0.05, 0) is 33.6 Å². The van der Waals surface area contributed by atoms with Gasteiger partial charge >= 0.3 is 11.9 Å². The van der Waals surface area contributed by atoms with Gasteiger partial charge in [-0.2, -0.15) is 0 Å². The number of nitrogens with zero attached hydrogens (tertiary/aromatic N) is 1. The second-order valence-electron chi connectivity index (χ2n) is 8.13. The number of hydrogen-bond acceptors (Lipinski definition) is 7. The third-order valence-electron chi connectivity index (χ3n) is 7.01. The Morgan fingerprint density at radius 1 is 1.32 bits per heavy atom. The van der Waals surface area contributed by atoms with Gasteiger partial charge < -0.3 is 19.7 Å². The zero-order valence-electron chi connectivity index (χ0n) is 15.4. The summed E-state index contributed by atoms with van der Waals surface area (Å²) in [6.07, 6.45) is 0.0474. The van der Waals surface area contributed by atoms with Crippen LogP contribution in [-0.2, 0) is 19.1 Å². The predicted octanol–water partition coefficient (Wildman–Crippen LogP) is 0.323. The highest BCUT2D eigenvalue weighted by Gasteiger charge is 2.58. The summed E-state index contributed by atoms with van der Waals surface area (Å²) in [6, 6.07) is -0.147. The molecule has 7 unspecified atom stereocenters. The minimum Gasteiger partial charge on any atom is -0.465 e. The Balaban J connectivity index is 1.99. The maximum atomic E-state index is 13.0. The molecule has 0 radical (unpaired) electrons. The molecule has 3 aliphatic heterocycles. The van der Waals surface area contributed by atoms with E-state index in [4.69, 9.17) is 9.47 Å². The SMILES string of the molecule is CCC1(C)C(=O)OC2CCN3CC(O)C(COC(=O)C(C)C1(C)O)C23. The summed E-state index contributed by atoms with van der Waals surface area (Å²) in [4.78, 5) is 27.6. The molecular formula is C18H29NO6. The van der Waals surface area contributed by atoms with Gasteiger partial charge in [0.15, 0.2) is 0 Å². The lowest BCUT2D eigenvalue weighted by Gasteiger charge is -2.43. The van der Waals surface area contributed by atoms with Crippen molar-refractivity contribution in [3.05, 3.63) is 0 Å². The molecule has 3 aliphatic rings. The summed E-state index contributed by atoms with van der Waals surface area (Å²) >= 11 is 0. The van der Waals surface area contributed by atoms with Gasteiger partial charge in [0, 0.05) is 19.0 Å². The van der Waals surface area contributed by atoms with E-state index >= 15 is 0 Å². The normalized spacial score (nSPS) is 48.5. The van der Waals surface area contributed by atoms with Gasteiger partial charge in [0.2, 0.25) is 0 Å². The van der Waals surface area contributed by atoms with Crippen LogP contribution in [0.2, 0.25) is 0 Å². The average Bonchev–Trinajstić information content (AvgIpc) is 3.08. The van der Waals surface area contributed by atoms with E-state index < -0.39 is 35.0 Å². The summed E-state index contributed by atoms with van der Waals surface area (Å²) < 4.78 is 11.3. The maximum Gasteiger partial charge on any atom is 0.315 e. The van der Waals surface area contributed by atoms with Crippen molar-refractivity contribution < 1.29 is 29.3 Å². The summed E-state index contributed by atoms with van der Waals surface area (Å²) in [7, 11) is 0. The molecule has 3 rings (SSSR count). The van der Waals surface area contributed by atoms with Crippen LogP contribution in [0.4, 0.5) is 0 Å². The van der Waals surface area contributed by atoms with Crippen LogP contribution in [0.3, 0.4) is 0 Å². The van der Waals surface area contributed by atoms with E-state index in [2.05, 4.69) is 4.90 Å². The molecule has 0 amide bonds. The molecule has 0 spiro atoms. The Hall–Kier alpha value is -1.18. The van der Waals surface area contributed by atoms with E-state index in [-0.39, 0.29) is 24.7 Å². The standard InChI is InChI=1S/C18H29NO6/c1-5-17(3)16(22)25-13-6-7-19-8-12(20)11(14(13)19)9-24-15(21)10(2)18(17,4)23/h10-14,20,23H,5-9H2,1-4H3. The Kier molecular flexibility index (Phi) is 4.62. The summed E-state index contributed by atoms with van der Waals surface area (Å²) in [5.41, 5.74) is -2.83. The number of esters is 2. The quantitative estimate of drug-likeness (QED) is 0.654. The number of aliphatic hydroxyl groups is 2. The van der Waals surface area contributed by atoms with Gasteiger partial charge in [0.1, 0.15) is 6.10 Å². The van der Waals surface area contributed by atoms with E-state index in [0.717, 1.165) is 6.54 Å². The molecule has 7 atom stereocenters. The molecule has 25 heavy (non-hydrogen) atoms. The second kappa shape index (κ2) is 6.21. The van der Waals surface area contributed by atoms with Gasteiger partial charge in [0.05, 0.1) is 35.7 Å². The van der Waals surface area contributed by atoms with E-state index in [1.807, 2.05) is 0 Å². The van der Waals surface area contributed by atoms with Crippen molar-refractivity contribution in [1.29, 1.82) is 0 Å². The molecule has 7 nitrogen and oxygen atoms in total. The van der Waals surface area contributed by atoms with Crippen molar-refractivity contribution in [3.63, 3.8) is 0 Å². The fourth-order valence-corrected chi connectivity index (χ4v) is 4.54. The number of cyclic esters (lactones) is 1. The molecule has 3 heterocycles. The first kappa shape index (κ1) is 18.6. The zero-order valence-corrected chi connectivity index (χ0v) is 15.4. The van der Waals surface area contributed by atoms with Crippen LogP contribution < -0.4 is 0 Å². The van der Waals surface area contributed by atoms with Crippen LogP contribution in [0, 0.1) is 17.3 Å². The van der Waals surface area contributed by atoms with Crippen LogP contribution in [0.5, 0.6) is 0 Å². The van der Waals surface area contributed by atoms with E-state index in [9.17, 15) is 19.8 Å². The Bertz CT molecular complexity index is 564. The average molecular weight is 355 g/mol. The summed E-state index contributed by atoms with van der Waals surface area (Å²) in [5, 5.41) is 21.4. The fraction of sp³-hybridized carbons (Fsp3) is 0.889. The van der Waals surface area contributed by atoms with E-state index in [1.54, 1.807) is 20.8 Å². The van der Waals surface area contributed by atoms with Crippen LogP contribution in [-0.4, -0.2) is 70.6 Å². The lowest BCUT2D eigenvalue weighted by atomic mass is 9.66. The molecule has 142 valence electrons. The van der Waals surface area contributed by atoms with Gasteiger partial charge in [-0.3, -0.25) is 14.5 Å². The third kappa shape index (κ3) is 2.67.